The SMILES string of the molecule is COCCn1c(=O)n(C)c(=O)c2cc(S(=O)(=O)NC3(C)CC3)ccc21. The van der Waals surface area contributed by atoms with E-state index in [9.17, 15) is 18.0 Å². The lowest BCUT2D eigenvalue weighted by Gasteiger charge is -2.15. The fraction of sp³-hybridized carbons (Fsp3) is 0.500. The molecule has 1 aliphatic rings. The van der Waals surface area contributed by atoms with Gasteiger partial charge in [0.2, 0.25) is 10.0 Å². The predicted molar refractivity (Wildman–Crippen MR) is 93.3 cm³/mol. The fourth-order valence-corrected chi connectivity index (χ4v) is 4.20. The predicted octanol–water partition coefficient (Wildman–Crippen LogP) is 0.177. The van der Waals surface area contributed by atoms with Gasteiger partial charge in [0.1, 0.15) is 0 Å². The van der Waals surface area contributed by atoms with E-state index < -0.39 is 26.8 Å². The maximum Gasteiger partial charge on any atom is 0.331 e. The molecule has 1 fully saturated rings. The van der Waals surface area contributed by atoms with E-state index in [0.29, 0.717) is 12.1 Å². The first kappa shape index (κ1) is 17.8. The van der Waals surface area contributed by atoms with Crippen molar-refractivity contribution in [3.05, 3.63) is 39.0 Å². The van der Waals surface area contributed by atoms with E-state index in [2.05, 4.69) is 4.72 Å². The number of rotatable bonds is 6. The third-order valence-corrected chi connectivity index (χ3v) is 6.16. The highest BCUT2D eigenvalue weighted by Gasteiger charge is 2.41. The van der Waals surface area contributed by atoms with Crippen molar-refractivity contribution in [1.29, 1.82) is 0 Å². The average Bonchev–Trinajstić information content (AvgIpc) is 3.28. The molecule has 1 aromatic heterocycles. The standard InChI is InChI=1S/C16H21N3O5S/c1-16(6-7-16)17-25(22,23)11-4-5-13-12(10-11)14(20)18(2)15(21)19(13)8-9-24-3/h4-5,10,17H,6-9H2,1-3H3. The van der Waals surface area contributed by atoms with Crippen LogP contribution in [-0.2, 0) is 28.4 Å². The normalized spacial score (nSPS) is 16.3. The van der Waals surface area contributed by atoms with Gasteiger partial charge in [-0.1, -0.05) is 0 Å². The van der Waals surface area contributed by atoms with E-state index >= 15 is 0 Å². The molecule has 0 amide bonds. The summed E-state index contributed by atoms with van der Waals surface area (Å²) in [6, 6.07) is 4.24. The third-order valence-electron chi connectivity index (χ3n) is 4.52. The van der Waals surface area contributed by atoms with Crippen LogP contribution in [-0.4, -0.2) is 36.8 Å². The minimum absolute atomic E-state index is 0.0159. The van der Waals surface area contributed by atoms with Gasteiger partial charge < -0.3 is 4.74 Å². The summed E-state index contributed by atoms with van der Waals surface area (Å²) in [4.78, 5) is 24.8. The van der Waals surface area contributed by atoms with Gasteiger partial charge in [0, 0.05) is 19.7 Å². The Morgan fingerprint density at radius 2 is 1.96 bits per heavy atom. The molecule has 25 heavy (non-hydrogen) atoms. The van der Waals surface area contributed by atoms with Crippen LogP contribution in [0.2, 0.25) is 0 Å². The second-order valence-corrected chi connectivity index (χ2v) is 8.32. The van der Waals surface area contributed by atoms with Gasteiger partial charge in [0.15, 0.2) is 0 Å². The molecule has 8 nitrogen and oxygen atoms in total. The van der Waals surface area contributed by atoms with Crippen LogP contribution in [0.5, 0.6) is 0 Å². The molecule has 1 heterocycles. The van der Waals surface area contributed by atoms with Crippen molar-refractivity contribution < 1.29 is 13.2 Å². The van der Waals surface area contributed by atoms with Crippen LogP contribution in [0.4, 0.5) is 0 Å². The molecule has 0 saturated heterocycles. The monoisotopic (exact) mass is 367 g/mol. The number of methoxy groups -OCH3 is 1. The van der Waals surface area contributed by atoms with E-state index in [1.54, 1.807) is 0 Å². The molecular weight excluding hydrogens is 346 g/mol. The Kier molecular flexibility index (Phi) is 4.34. The Hall–Kier alpha value is -1.97. The molecule has 136 valence electrons. The highest BCUT2D eigenvalue weighted by Crippen LogP contribution is 2.36. The first-order valence-electron chi connectivity index (χ1n) is 7.95. The first-order chi connectivity index (χ1) is 11.7. The summed E-state index contributed by atoms with van der Waals surface area (Å²) in [5.74, 6) is 0. The zero-order valence-electron chi connectivity index (χ0n) is 14.4. The van der Waals surface area contributed by atoms with Crippen LogP contribution in [0.1, 0.15) is 19.8 Å². The molecule has 2 aromatic rings. The highest BCUT2D eigenvalue weighted by molar-refractivity contribution is 7.89. The lowest BCUT2D eigenvalue weighted by atomic mass is 10.2. The highest BCUT2D eigenvalue weighted by atomic mass is 32.2. The van der Waals surface area contributed by atoms with Crippen LogP contribution in [0.3, 0.4) is 0 Å². The van der Waals surface area contributed by atoms with E-state index in [4.69, 9.17) is 4.74 Å². The fourth-order valence-electron chi connectivity index (χ4n) is 2.71. The van der Waals surface area contributed by atoms with Crippen molar-refractivity contribution in [2.75, 3.05) is 13.7 Å². The number of nitrogens with zero attached hydrogens (tertiary/aromatic N) is 2. The Morgan fingerprint density at radius 3 is 2.56 bits per heavy atom. The molecule has 0 bridgehead atoms. The van der Waals surface area contributed by atoms with Crippen LogP contribution in [0.25, 0.3) is 10.9 Å². The smallest absolute Gasteiger partial charge is 0.331 e. The van der Waals surface area contributed by atoms with Crippen molar-refractivity contribution in [2.45, 2.75) is 36.7 Å². The zero-order chi connectivity index (χ0) is 18.4. The van der Waals surface area contributed by atoms with Crippen LogP contribution < -0.4 is 16.0 Å². The van der Waals surface area contributed by atoms with E-state index in [1.165, 1.54) is 36.9 Å². The van der Waals surface area contributed by atoms with Gasteiger partial charge in [-0.2, -0.15) is 0 Å². The van der Waals surface area contributed by atoms with Gasteiger partial charge in [-0.25, -0.2) is 17.9 Å². The average molecular weight is 367 g/mol. The maximum absolute atomic E-state index is 12.5. The summed E-state index contributed by atoms with van der Waals surface area (Å²) in [6.45, 7) is 2.41. The minimum Gasteiger partial charge on any atom is -0.383 e. The lowest BCUT2D eigenvalue weighted by Crippen LogP contribution is -2.39. The molecule has 0 atom stereocenters. The number of nitrogens with one attached hydrogen (secondary N) is 1. The van der Waals surface area contributed by atoms with Crippen molar-refractivity contribution >= 4 is 20.9 Å². The largest absolute Gasteiger partial charge is 0.383 e. The molecule has 9 heteroatoms. The molecule has 3 rings (SSSR count). The van der Waals surface area contributed by atoms with E-state index in [-0.39, 0.29) is 16.8 Å². The summed E-state index contributed by atoms with van der Waals surface area (Å²) < 4.78 is 35.1. The third kappa shape index (κ3) is 3.26. The number of fused-ring (bicyclic) bond motifs is 1. The Bertz CT molecular complexity index is 1050. The van der Waals surface area contributed by atoms with Crippen LogP contribution >= 0.6 is 0 Å². The molecule has 1 saturated carbocycles. The van der Waals surface area contributed by atoms with Crippen molar-refractivity contribution in [3.8, 4) is 0 Å². The number of hydrogen-bond donors (Lipinski definition) is 1. The molecule has 1 N–H and O–H groups in total. The van der Waals surface area contributed by atoms with Gasteiger partial charge in [-0.3, -0.25) is 13.9 Å². The number of benzene rings is 1. The summed E-state index contributed by atoms with van der Waals surface area (Å²) in [6.07, 6.45) is 1.58. The second kappa shape index (κ2) is 6.08. The summed E-state index contributed by atoms with van der Waals surface area (Å²) in [5, 5.41) is 0.182. The van der Waals surface area contributed by atoms with Crippen molar-refractivity contribution in [3.63, 3.8) is 0 Å². The molecule has 1 aromatic carbocycles. The summed E-state index contributed by atoms with van der Waals surface area (Å²) in [7, 11) is -0.836. The van der Waals surface area contributed by atoms with Gasteiger partial charge in [0.25, 0.3) is 5.56 Å². The topological polar surface area (TPSA) is 99.4 Å². The van der Waals surface area contributed by atoms with Gasteiger partial charge in [0.05, 0.1) is 29.0 Å². The Balaban J connectivity index is 2.18. The minimum atomic E-state index is -3.73. The summed E-state index contributed by atoms with van der Waals surface area (Å²) >= 11 is 0. The number of hydrogen-bond acceptors (Lipinski definition) is 5. The van der Waals surface area contributed by atoms with Crippen molar-refractivity contribution in [1.82, 2.24) is 13.9 Å². The Morgan fingerprint density at radius 1 is 1.28 bits per heavy atom. The number of sulfonamides is 1. The molecule has 1 aliphatic carbocycles. The number of ether oxygens (including phenoxy) is 1. The molecule has 0 radical (unpaired) electrons. The van der Waals surface area contributed by atoms with Gasteiger partial charge >= 0.3 is 5.69 Å². The molecular formula is C16H21N3O5S. The maximum atomic E-state index is 12.5. The number of aromatic nitrogens is 2. The molecule has 0 aliphatic heterocycles. The van der Waals surface area contributed by atoms with Gasteiger partial charge in [-0.05, 0) is 38.0 Å². The van der Waals surface area contributed by atoms with Crippen LogP contribution in [0, 0.1) is 0 Å². The molecule has 0 spiro atoms. The van der Waals surface area contributed by atoms with Crippen LogP contribution in [0.15, 0.2) is 32.7 Å². The quantitative estimate of drug-likeness (QED) is 0.785. The first-order valence-corrected chi connectivity index (χ1v) is 9.43. The lowest BCUT2D eigenvalue weighted by molar-refractivity contribution is 0.186. The Labute approximate surface area is 145 Å². The molecule has 0 unspecified atom stereocenters. The van der Waals surface area contributed by atoms with Gasteiger partial charge in [-0.15, -0.1) is 0 Å². The van der Waals surface area contributed by atoms with Crippen molar-refractivity contribution in [2.24, 2.45) is 7.05 Å². The zero-order valence-corrected chi connectivity index (χ0v) is 15.2. The second-order valence-electron chi connectivity index (χ2n) is 6.64. The van der Waals surface area contributed by atoms with E-state index in [1.807, 2.05) is 6.92 Å². The van der Waals surface area contributed by atoms with E-state index in [0.717, 1.165) is 17.4 Å². The summed E-state index contributed by atoms with van der Waals surface area (Å²) in [5.41, 5.74) is -1.01.